The fourth-order valence-corrected chi connectivity index (χ4v) is 4.25. The molecule has 0 aliphatic rings. The Kier molecular flexibility index (Phi) is 3.86. The van der Waals surface area contributed by atoms with Gasteiger partial charge in [-0.25, -0.2) is 4.85 Å². The molecule has 2 heterocycles. The van der Waals surface area contributed by atoms with Crippen LogP contribution in [0.4, 0.5) is 5.69 Å². The molecule has 0 bridgehead atoms. The van der Waals surface area contributed by atoms with E-state index in [9.17, 15) is 0 Å². The van der Waals surface area contributed by atoms with Crippen molar-refractivity contribution in [3.63, 3.8) is 0 Å². The van der Waals surface area contributed by atoms with Crippen LogP contribution in [0.3, 0.4) is 0 Å². The third kappa shape index (κ3) is 3.00. The Morgan fingerprint density at radius 3 is 2.48 bits per heavy atom. The normalized spacial score (nSPS) is 12.1. The summed E-state index contributed by atoms with van der Waals surface area (Å²) in [7, 11) is 1.89. The largest absolute Gasteiger partial charge is 0.456 e. The molecule has 0 atom stereocenters. The van der Waals surface area contributed by atoms with Crippen molar-refractivity contribution in [3.05, 3.63) is 94.9 Å². The monoisotopic (exact) mass is 405 g/mol. The SMILES string of the molecule is [2H]c1c(C)c([2H])c(-c2c(C)ccc3c2oc2cc([N+]#[C-])c(-c4ccccc4)cc23)[n+](C)c1C. The van der Waals surface area contributed by atoms with Gasteiger partial charge in [-0.05, 0) is 42.2 Å². The van der Waals surface area contributed by atoms with Crippen LogP contribution in [0.1, 0.15) is 19.6 Å². The van der Waals surface area contributed by atoms with Crippen LogP contribution < -0.4 is 4.57 Å². The lowest BCUT2D eigenvalue weighted by Crippen LogP contribution is -2.35. The smallest absolute Gasteiger partial charge is 0.216 e. The van der Waals surface area contributed by atoms with E-state index in [1.54, 1.807) is 0 Å². The van der Waals surface area contributed by atoms with Gasteiger partial charge >= 0.3 is 0 Å². The first-order valence-electron chi connectivity index (χ1n) is 11.2. The van der Waals surface area contributed by atoms with Crippen LogP contribution >= 0.6 is 0 Å². The maximum absolute atomic E-state index is 8.81. The molecule has 3 aromatic carbocycles. The van der Waals surface area contributed by atoms with Crippen molar-refractivity contribution < 1.29 is 11.7 Å². The molecule has 0 aliphatic carbocycles. The lowest BCUT2D eigenvalue weighted by molar-refractivity contribution is -0.666. The number of aromatic nitrogens is 1. The van der Waals surface area contributed by atoms with Crippen molar-refractivity contribution in [2.45, 2.75) is 20.8 Å². The third-order valence-corrected chi connectivity index (χ3v) is 5.92. The first-order chi connectivity index (χ1) is 15.8. The number of hydrogen-bond donors (Lipinski definition) is 0. The average Bonchev–Trinajstić information content (AvgIpc) is 3.20. The molecule has 3 heteroatoms. The number of nitrogens with zero attached hydrogens (tertiary/aromatic N) is 2. The first-order valence-corrected chi connectivity index (χ1v) is 10.2. The summed E-state index contributed by atoms with van der Waals surface area (Å²) in [6.07, 6.45) is 0. The highest BCUT2D eigenvalue weighted by atomic mass is 16.3. The summed E-state index contributed by atoms with van der Waals surface area (Å²) >= 11 is 0. The molecule has 0 N–H and O–H groups in total. The molecule has 0 fully saturated rings. The fourth-order valence-electron chi connectivity index (χ4n) is 4.25. The van der Waals surface area contributed by atoms with Gasteiger partial charge in [0, 0.05) is 29.8 Å². The van der Waals surface area contributed by atoms with Gasteiger partial charge in [0.15, 0.2) is 11.4 Å². The van der Waals surface area contributed by atoms with Gasteiger partial charge < -0.3 is 4.42 Å². The Balaban J connectivity index is 1.90. The first kappa shape index (κ1) is 16.8. The lowest BCUT2D eigenvalue weighted by Gasteiger charge is -2.08. The zero-order chi connectivity index (χ0) is 23.4. The lowest BCUT2D eigenvalue weighted by atomic mass is 9.97. The van der Waals surface area contributed by atoms with Crippen LogP contribution in [-0.2, 0) is 7.05 Å². The number of furan rings is 1. The van der Waals surface area contributed by atoms with Crippen molar-refractivity contribution in [2.75, 3.05) is 0 Å². The number of benzene rings is 3. The molecule has 0 amide bonds. The zero-order valence-electron chi connectivity index (χ0n) is 20.0. The minimum atomic E-state index is 0.330. The van der Waals surface area contributed by atoms with Crippen molar-refractivity contribution >= 4 is 27.6 Å². The second-order valence-electron chi connectivity index (χ2n) is 7.95. The Morgan fingerprint density at radius 2 is 1.74 bits per heavy atom. The Hall–Kier alpha value is -3.90. The van der Waals surface area contributed by atoms with E-state index in [1.165, 1.54) is 0 Å². The topological polar surface area (TPSA) is 21.4 Å². The van der Waals surface area contributed by atoms with E-state index in [0.717, 1.165) is 44.4 Å². The molecule has 5 aromatic rings. The predicted octanol–water partition coefficient (Wildman–Crippen LogP) is 7.22. The maximum atomic E-state index is 8.81. The number of fused-ring (bicyclic) bond motifs is 3. The second kappa shape index (κ2) is 7.11. The van der Waals surface area contributed by atoms with E-state index in [2.05, 4.69) is 17.0 Å². The van der Waals surface area contributed by atoms with Gasteiger partial charge in [0.25, 0.3) is 0 Å². The number of rotatable bonds is 2. The molecule has 2 aromatic heterocycles. The van der Waals surface area contributed by atoms with E-state index in [0.29, 0.717) is 34.5 Å². The minimum absolute atomic E-state index is 0.330. The van der Waals surface area contributed by atoms with Crippen LogP contribution in [0, 0.1) is 27.3 Å². The third-order valence-electron chi connectivity index (χ3n) is 5.92. The van der Waals surface area contributed by atoms with Gasteiger partial charge in [0.05, 0.1) is 14.9 Å². The van der Waals surface area contributed by atoms with Crippen molar-refractivity contribution in [1.29, 1.82) is 0 Å². The van der Waals surface area contributed by atoms with Crippen LogP contribution in [0.15, 0.2) is 71.1 Å². The van der Waals surface area contributed by atoms with E-state index < -0.39 is 0 Å². The van der Waals surface area contributed by atoms with Crippen LogP contribution in [0.2, 0.25) is 0 Å². The predicted molar refractivity (Wildman–Crippen MR) is 126 cm³/mol. The summed E-state index contributed by atoms with van der Waals surface area (Å²) in [4.78, 5) is 3.76. The summed E-state index contributed by atoms with van der Waals surface area (Å²) < 4.78 is 25.4. The van der Waals surface area contributed by atoms with Crippen LogP contribution in [-0.4, -0.2) is 0 Å². The van der Waals surface area contributed by atoms with Crippen LogP contribution in [0.5, 0.6) is 0 Å². The van der Waals surface area contributed by atoms with Gasteiger partial charge in [-0.15, -0.1) is 0 Å². The number of hydrogen-bond acceptors (Lipinski definition) is 1. The van der Waals surface area contributed by atoms with Gasteiger partial charge in [0.2, 0.25) is 5.69 Å². The van der Waals surface area contributed by atoms with Gasteiger partial charge in [-0.1, -0.05) is 48.5 Å². The maximum Gasteiger partial charge on any atom is 0.216 e. The Morgan fingerprint density at radius 1 is 0.968 bits per heavy atom. The Bertz CT molecular complexity index is 1600. The second-order valence-corrected chi connectivity index (χ2v) is 7.95. The standard InChI is InChI=1S/C28H23N2O/c1-17-13-19(3)30(5)25(14-17)27-18(2)11-12-21-23-15-22(20-9-7-6-8-10-20)24(29-4)16-26(23)31-28(21)27/h6-16H,1-3,5H3/q+1/i13D,14D. The highest BCUT2D eigenvalue weighted by Gasteiger charge is 2.23. The van der Waals surface area contributed by atoms with E-state index in [1.807, 2.05) is 74.9 Å². The molecule has 0 unspecified atom stereocenters. The number of aryl methyl sites for hydroxylation is 1. The molecular weight excluding hydrogens is 380 g/mol. The van der Waals surface area contributed by atoms with E-state index in [4.69, 9.17) is 13.7 Å². The quantitative estimate of drug-likeness (QED) is 0.224. The molecule has 0 spiro atoms. The summed E-state index contributed by atoms with van der Waals surface area (Å²) in [5.74, 6) is 0. The summed E-state index contributed by atoms with van der Waals surface area (Å²) in [6.45, 7) is 13.5. The molecule has 3 nitrogen and oxygen atoms in total. The highest BCUT2D eigenvalue weighted by Crippen LogP contribution is 2.42. The van der Waals surface area contributed by atoms with Crippen molar-refractivity contribution in [3.8, 4) is 22.4 Å². The summed E-state index contributed by atoms with van der Waals surface area (Å²) in [5.41, 5.74) is 7.80. The van der Waals surface area contributed by atoms with Gasteiger partial charge in [-0.3, -0.25) is 0 Å². The fraction of sp³-hybridized carbons (Fsp3) is 0.143. The van der Waals surface area contributed by atoms with Crippen LogP contribution in [0.25, 0.3) is 49.2 Å². The average molecular weight is 406 g/mol. The number of pyridine rings is 1. The van der Waals surface area contributed by atoms with Gasteiger partial charge in [-0.2, -0.15) is 4.57 Å². The molecule has 0 saturated carbocycles. The Labute approximate surface area is 184 Å². The summed E-state index contributed by atoms with van der Waals surface area (Å²) in [5, 5.41) is 1.89. The molecule has 0 aliphatic heterocycles. The molecule has 150 valence electrons. The zero-order valence-corrected chi connectivity index (χ0v) is 18.0. The minimum Gasteiger partial charge on any atom is -0.456 e. The molecule has 0 saturated heterocycles. The van der Waals surface area contributed by atoms with Crippen molar-refractivity contribution in [1.82, 2.24) is 0 Å². The van der Waals surface area contributed by atoms with Crippen molar-refractivity contribution in [2.24, 2.45) is 7.05 Å². The van der Waals surface area contributed by atoms with E-state index >= 15 is 0 Å². The van der Waals surface area contributed by atoms with E-state index in [-0.39, 0.29) is 0 Å². The molecule has 0 radical (unpaired) electrons. The molecule has 5 rings (SSSR count). The molecule has 31 heavy (non-hydrogen) atoms. The van der Waals surface area contributed by atoms with Gasteiger partial charge in [0.1, 0.15) is 18.2 Å². The summed E-state index contributed by atoms with van der Waals surface area (Å²) in [6, 6.07) is 18.6. The molecular formula is C28H23N2O+. The highest BCUT2D eigenvalue weighted by molar-refractivity contribution is 6.12.